The largest absolute Gasteiger partial charge is 0.335 e. The Hall–Kier alpha value is -3.50. The number of aryl methyl sites for hydroxylation is 3. The molecule has 1 saturated carbocycles. The van der Waals surface area contributed by atoms with E-state index in [1.165, 1.54) is 104 Å². The summed E-state index contributed by atoms with van der Waals surface area (Å²) in [6, 6.07) is 22.5. The molecule has 1 fully saturated rings. The van der Waals surface area contributed by atoms with Gasteiger partial charge in [-0.25, -0.2) is 0 Å². The Morgan fingerprint density at radius 1 is 0.679 bits per heavy atom. The van der Waals surface area contributed by atoms with E-state index in [4.69, 9.17) is 0 Å². The Balaban J connectivity index is 1.36. The van der Waals surface area contributed by atoms with Gasteiger partial charge in [-0.1, -0.05) is 92.0 Å². The number of nitrogens with zero attached hydrogens (tertiary/aromatic N) is 2. The lowest BCUT2D eigenvalue weighted by molar-refractivity contribution is 0.194. The molecular formula is C49H57BN2S. The molecule has 10 rings (SSSR count). The standard InChI is InChI=1S/C49H57BN2S/c1-28-23-36-42-37(24-28)52-43-39(48(11)19-13-14-20-49(48,52)12)29(2)25-30(3)40(43)50(42)41-33-26-34-35(47(9,10)22-21-46(34,7)8)27-38(33)53-44(41)51(36)32-17-15-31(16-18-32)45(4,5)6/h15-18,23-27H,13-14,19-22H2,1-12H3. The van der Waals surface area contributed by atoms with Crippen LogP contribution in [0.15, 0.2) is 54.6 Å². The van der Waals surface area contributed by atoms with E-state index in [0.29, 0.717) is 0 Å². The van der Waals surface area contributed by atoms with Crippen LogP contribution in [-0.4, -0.2) is 12.3 Å². The zero-order valence-electron chi connectivity index (χ0n) is 34.3. The summed E-state index contributed by atoms with van der Waals surface area (Å²) in [7, 11) is 0. The molecule has 4 aromatic carbocycles. The van der Waals surface area contributed by atoms with Crippen LogP contribution < -0.4 is 26.2 Å². The van der Waals surface area contributed by atoms with Crippen LogP contribution in [-0.2, 0) is 21.7 Å². The molecule has 2 nitrogen and oxygen atoms in total. The first-order valence-corrected chi connectivity index (χ1v) is 21.3. The molecule has 0 bridgehead atoms. The lowest BCUT2D eigenvalue weighted by Crippen LogP contribution is -2.64. The zero-order chi connectivity index (χ0) is 37.4. The Kier molecular flexibility index (Phi) is 6.69. The van der Waals surface area contributed by atoms with Crippen molar-refractivity contribution >= 4 is 72.3 Å². The van der Waals surface area contributed by atoms with Gasteiger partial charge in [0.05, 0.1) is 10.5 Å². The second-order valence-electron chi connectivity index (χ2n) is 20.6. The van der Waals surface area contributed by atoms with Crippen LogP contribution in [0, 0.1) is 20.8 Å². The molecule has 5 aromatic rings. The topological polar surface area (TPSA) is 6.48 Å². The van der Waals surface area contributed by atoms with E-state index in [1.807, 2.05) is 11.3 Å². The highest BCUT2D eigenvalue weighted by molar-refractivity contribution is 7.26. The summed E-state index contributed by atoms with van der Waals surface area (Å²) in [4.78, 5) is 5.59. The van der Waals surface area contributed by atoms with Crippen LogP contribution in [0.3, 0.4) is 0 Å². The molecule has 5 aliphatic rings. The Bertz CT molecular complexity index is 2420. The third-order valence-corrected chi connectivity index (χ3v) is 16.4. The predicted octanol–water partition coefficient (Wildman–Crippen LogP) is 11.8. The molecule has 1 aromatic heterocycles. The number of benzene rings is 4. The quantitative estimate of drug-likeness (QED) is 0.156. The summed E-state index contributed by atoms with van der Waals surface area (Å²) >= 11 is 2.04. The molecule has 4 heteroatoms. The third kappa shape index (κ3) is 4.23. The molecule has 53 heavy (non-hydrogen) atoms. The normalized spacial score (nSPS) is 24.5. The number of thiophene rings is 1. The molecule has 0 saturated heterocycles. The second-order valence-corrected chi connectivity index (χ2v) is 21.6. The van der Waals surface area contributed by atoms with E-state index in [1.54, 1.807) is 27.8 Å². The first-order valence-electron chi connectivity index (χ1n) is 20.5. The smallest absolute Gasteiger partial charge is 0.254 e. The van der Waals surface area contributed by atoms with Gasteiger partial charge in [0.15, 0.2) is 0 Å². The van der Waals surface area contributed by atoms with Crippen molar-refractivity contribution in [2.24, 2.45) is 0 Å². The van der Waals surface area contributed by atoms with E-state index in [2.05, 4.69) is 147 Å². The minimum Gasteiger partial charge on any atom is -0.335 e. The van der Waals surface area contributed by atoms with Gasteiger partial charge in [-0.05, 0) is 161 Å². The number of rotatable bonds is 1. The van der Waals surface area contributed by atoms with Crippen molar-refractivity contribution in [3.63, 3.8) is 0 Å². The molecule has 2 atom stereocenters. The Morgan fingerprint density at radius 3 is 2.00 bits per heavy atom. The van der Waals surface area contributed by atoms with Gasteiger partial charge in [0, 0.05) is 32.9 Å². The van der Waals surface area contributed by atoms with Crippen molar-refractivity contribution in [1.29, 1.82) is 0 Å². The minimum absolute atomic E-state index is 0.0261. The summed E-state index contributed by atoms with van der Waals surface area (Å²) in [5.41, 5.74) is 21.2. The van der Waals surface area contributed by atoms with Gasteiger partial charge in [0.2, 0.25) is 0 Å². The van der Waals surface area contributed by atoms with E-state index in [9.17, 15) is 0 Å². The Morgan fingerprint density at radius 2 is 1.32 bits per heavy atom. The number of hydrogen-bond acceptors (Lipinski definition) is 3. The third-order valence-electron chi connectivity index (χ3n) is 15.3. The molecule has 0 N–H and O–H groups in total. The summed E-state index contributed by atoms with van der Waals surface area (Å²) in [6.45, 7) is 29.5. The second kappa shape index (κ2) is 10.4. The maximum Gasteiger partial charge on any atom is 0.254 e. The summed E-state index contributed by atoms with van der Waals surface area (Å²) in [6.07, 6.45) is 7.55. The predicted molar refractivity (Wildman–Crippen MR) is 232 cm³/mol. The van der Waals surface area contributed by atoms with Crippen molar-refractivity contribution in [2.75, 3.05) is 9.80 Å². The van der Waals surface area contributed by atoms with Crippen LogP contribution in [0.4, 0.5) is 27.8 Å². The van der Waals surface area contributed by atoms with E-state index < -0.39 is 0 Å². The minimum atomic E-state index is 0.0261. The fraction of sp³-hybridized carbons (Fsp3) is 0.469. The highest BCUT2D eigenvalue weighted by atomic mass is 32.1. The molecule has 4 heterocycles. The van der Waals surface area contributed by atoms with Crippen molar-refractivity contribution in [2.45, 2.75) is 149 Å². The fourth-order valence-electron chi connectivity index (χ4n) is 12.1. The summed E-state index contributed by atoms with van der Waals surface area (Å²) in [5.74, 6) is 0. The van der Waals surface area contributed by atoms with Crippen molar-refractivity contribution in [3.05, 3.63) is 93.5 Å². The Labute approximate surface area is 323 Å². The van der Waals surface area contributed by atoms with E-state index >= 15 is 0 Å². The van der Waals surface area contributed by atoms with Gasteiger partial charge in [0.25, 0.3) is 6.71 Å². The SMILES string of the molecule is Cc1cc2c3c(c1)N1c4c(c(C)cc(C)c4C4(C)CCCCC14C)B3c1c(sc3cc4c(cc13)C(C)(C)CCC4(C)C)N2c1ccc(C(C)(C)C)cc1. The number of hydrogen-bond donors (Lipinski definition) is 0. The summed E-state index contributed by atoms with van der Waals surface area (Å²) < 4.78 is 1.44. The van der Waals surface area contributed by atoms with Crippen LogP contribution in [0.1, 0.15) is 140 Å². The molecule has 272 valence electrons. The van der Waals surface area contributed by atoms with Gasteiger partial charge in [-0.3, -0.25) is 0 Å². The van der Waals surface area contributed by atoms with Crippen LogP contribution >= 0.6 is 11.3 Å². The lowest BCUT2D eigenvalue weighted by atomic mass is 9.32. The van der Waals surface area contributed by atoms with Crippen LogP contribution in [0.5, 0.6) is 0 Å². The summed E-state index contributed by atoms with van der Waals surface area (Å²) in [5, 5.41) is 2.88. The van der Waals surface area contributed by atoms with E-state index in [0.717, 1.165) is 0 Å². The fourth-order valence-corrected chi connectivity index (χ4v) is 13.4. The maximum atomic E-state index is 2.91. The monoisotopic (exact) mass is 716 g/mol. The molecule has 0 radical (unpaired) electrons. The van der Waals surface area contributed by atoms with Crippen molar-refractivity contribution < 1.29 is 0 Å². The van der Waals surface area contributed by atoms with Crippen LogP contribution in [0.25, 0.3) is 10.1 Å². The van der Waals surface area contributed by atoms with Gasteiger partial charge in [0.1, 0.15) is 0 Å². The highest BCUT2D eigenvalue weighted by Crippen LogP contribution is 2.63. The lowest BCUT2D eigenvalue weighted by Gasteiger charge is -2.52. The van der Waals surface area contributed by atoms with Gasteiger partial charge in [-0.2, -0.15) is 0 Å². The number of fused-ring (bicyclic) bond motifs is 10. The zero-order valence-corrected chi connectivity index (χ0v) is 35.1. The molecule has 0 spiro atoms. The molecular weight excluding hydrogens is 659 g/mol. The highest BCUT2D eigenvalue weighted by Gasteiger charge is 2.62. The van der Waals surface area contributed by atoms with Crippen molar-refractivity contribution in [1.82, 2.24) is 0 Å². The van der Waals surface area contributed by atoms with Gasteiger partial charge < -0.3 is 9.80 Å². The molecule has 0 amide bonds. The van der Waals surface area contributed by atoms with Gasteiger partial charge >= 0.3 is 0 Å². The average Bonchev–Trinajstić information content (AvgIpc) is 3.55. The number of anilines is 5. The van der Waals surface area contributed by atoms with Crippen molar-refractivity contribution in [3.8, 4) is 0 Å². The first kappa shape index (κ1) is 34.0. The molecule has 3 aliphatic heterocycles. The molecule has 2 unspecified atom stereocenters. The van der Waals surface area contributed by atoms with Crippen LogP contribution in [0.2, 0.25) is 0 Å². The van der Waals surface area contributed by atoms with Gasteiger partial charge in [-0.15, -0.1) is 11.3 Å². The molecule has 2 aliphatic carbocycles. The maximum absolute atomic E-state index is 2.91. The first-order chi connectivity index (χ1) is 24.9. The van der Waals surface area contributed by atoms with E-state index in [-0.39, 0.29) is 33.9 Å². The average molecular weight is 717 g/mol.